The van der Waals surface area contributed by atoms with Crippen LogP contribution in [0.5, 0.6) is 0 Å². The van der Waals surface area contributed by atoms with Crippen molar-refractivity contribution in [3.05, 3.63) is 12.2 Å². The van der Waals surface area contributed by atoms with Gasteiger partial charge in [-0.05, 0) is 32.1 Å². The zero-order valence-electron chi connectivity index (χ0n) is 14.6. The average Bonchev–Trinajstić information content (AvgIpc) is 2.50. The van der Waals surface area contributed by atoms with Gasteiger partial charge in [0.15, 0.2) is 0 Å². The van der Waals surface area contributed by atoms with Gasteiger partial charge >= 0.3 is 6.18 Å². The van der Waals surface area contributed by atoms with Gasteiger partial charge in [0, 0.05) is 6.42 Å². The molecule has 0 aliphatic rings. The van der Waals surface area contributed by atoms with E-state index >= 15 is 0 Å². The molecule has 136 valence electrons. The number of alkyl halides is 3. The van der Waals surface area contributed by atoms with Crippen molar-refractivity contribution < 1.29 is 18.0 Å². The Morgan fingerprint density at radius 2 is 1.17 bits per heavy atom. The minimum atomic E-state index is -4.65. The van der Waals surface area contributed by atoms with E-state index in [-0.39, 0.29) is 6.42 Å². The topological polar surface area (TPSA) is 17.1 Å². The first-order chi connectivity index (χ1) is 11.0. The van der Waals surface area contributed by atoms with Gasteiger partial charge in [-0.25, -0.2) is 0 Å². The van der Waals surface area contributed by atoms with Gasteiger partial charge in [0.05, 0.1) is 0 Å². The molecule has 0 aliphatic heterocycles. The largest absolute Gasteiger partial charge is 0.449 e. The van der Waals surface area contributed by atoms with Crippen LogP contribution >= 0.6 is 0 Å². The lowest BCUT2D eigenvalue weighted by molar-refractivity contribution is -0.171. The number of halogens is 3. The summed E-state index contributed by atoms with van der Waals surface area (Å²) in [5.41, 5.74) is 0. The van der Waals surface area contributed by atoms with Gasteiger partial charge < -0.3 is 0 Å². The van der Waals surface area contributed by atoms with Gasteiger partial charge in [0.25, 0.3) is 0 Å². The Kier molecular flexibility index (Phi) is 14.3. The molecule has 0 N–H and O–H groups in total. The summed E-state index contributed by atoms with van der Waals surface area (Å²) in [7, 11) is 0. The molecule has 0 rings (SSSR count). The Balaban J connectivity index is 3.24. The fourth-order valence-corrected chi connectivity index (χ4v) is 2.50. The van der Waals surface area contributed by atoms with Crippen LogP contribution in [0.15, 0.2) is 12.2 Å². The Morgan fingerprint density at radius 1 is 0.739 bits per heavy atom. The second kappa shape index (κ2) is 14.8. The fraction of sp³-hybridized carbons (Fsp3) is 0.842. The summed E-state index contributed by atoms with van der Waals surface area (Å²) in [5, 5.41) is 0. The lowest BCUT2D eigenvalue weighted by Crippen LogP contribution is -2.22. The highest BCUT2D eigenvalue weighted by atomic mass is 19.4. The fourth-order valence-electron chi connectivity index (χ4n) is 2.50. The third kappa shape index (κ3) is 15.9. The van der Waals surface area contributed by atoms with Crippen molar-refractivity contribution >= 4 is 5.78 Å². The normalized spacial score (nSPS) is 12.2. The van der Waals surface area contributed by atoms with E-state index in [0.29, 0.717) is 12.8 Å². The third-order valence-electron chi connectivity index (χ3n) is 3.98. The summed E-state index contributed by atoms with van der Waals surface area (Å²) < 4.78 is 35.9. The monoisotopic (exact) mass is 334 g/mol. The Labute approximate surface area is 139 Å². The summed E-state index contributed by atoms with van der Waals surface area (Å²) >= 11 is 0. The van der Waals surface area contributed by atoms with Gasteiger partial charge in [0.2, 0.25) is 5.78 Å². The van der Waals surface area contributed by atoms with E-state index < -0.39 is 12.0 Å². The van der Waals surface area contributed by atoms with Gasteiger partial charge in [-0.2, -0.15) is 13.2 Å². The molecule has 0 aromatic rings. The van der Waals surface area contributed by atoms with E-state index in [1.54, 1.807) is 0 Å². The molecule has 0 heterocycles. The average molecular weight is 334 g/mol. The van der Waals surface area contributed by atoms with Crippen molar-refractivity contribution in [3.8, 4) is 0 Å². The van der Waals surface area contributed by atoms with Crippen LogP contribution in [0, 0.1) is 0 Å². The summed E-state index contributed by atoms with van der Waals surface area (Å²) in [6.45, 7) is 2.23. The van der Waals surface area contributed by atoms with E-state index in [4.69, 9.17) is 0 Å². The number of ketones is 1. The van der Waals surface area contributed by atoms with Gasteiger partial charge in [-0.3, -0.25) is 4.79 Å². The zero-order chi connectivity index (χ0) is 17.4. The summed E-state index contributed by atoms with van der Waals surface area (Å²) in [6, 6.07) is 0. The molecule has 0 fully saturated rings. The summed E-state index contributed by atoms with van der Waals surface area (Å²) in [5.74, 6) is -1.59. The van der Waals surface area contributed by atoms with Crippen LogP contribution in [-0.4, -0.2) is 12.0 Å². The number of Topliss-reactive ketones (excluding diaryl/α,β-unsaturated/α-hetero) is 1. The molecule has 0 bridgehead atoms. The second-order valence-electron chi connectivity index (χ2n) is 6.26. The van der Waals surface area contributed by atoms with Crippen molar-refractivity contribution in [2.75, 3.05) is 0 Å². The lowest BCUT2D eigenvalue weighted by Gasteiger charge is -2.04. The molecule has 0 aliphatic carbocycles. The van der Waals surface area contributed by atoms with Crippen molar-refractivity contribution in [1.29, 1.82) is 0 Å². The number of rotatable bonds is 15. The maximum atomic E-state index is 12.0. The molecule has 23 heavy (non-hydrogen) atoms. The van der Waals surface area contributed by atoms with Crippen molar-refractivity contribution in [1.82, 2.24) is 0 Å². The van der Waals surface area contributed by atoms with Crippen molar-refractivity contribution in [2.24, 2.45) is 0 Å². The third-order valence-corrected chi connectivity index (χ3v) is 3.98. The summed E-state index contributed by atoms with van der Waals surface area (Å²) in [4.78, 5) is 10.7. The minimum absolute atomic E-state index is 0.353. The quantitative estimate of drug-likeness (QED) is 0.229. The first kappa shape index (κ1) is 22.2. The molecule has 1 nitrogen and oxygen atoms in total. The smallest absolute Gasteiger partial charge is 0.290 e. The van der Waals surface area contributed by atoms with E-state index in [0.717, 1.165) is 32.1 Å². The number of allylic oxidation sites excluding steroid dienone is 2. The zero-order valence-corrected chi connectivity index (χ0v) is 14.6. The SMILES string of the molecule is CCCCCCCC/C=C/CCCCCCCC(=O)C(F)(F)F. The maximum Gasteiger partial charge on any atom is 0.449 e. The van der Waals surface area contributed by atoms with Crippen LogP contribution in [0.4, 0.5) is 13.2 Å². The molecule has 0 saturated heterocycles. The van der Waals surface area contributed by atoms with E-state index in [9.17, 15) is 18.0 Å². The van der Waals surface area contributed by atoms with Crippen molar-refractivity contribution in [3.63, 3.8) is 0 Å². The molecule has 0 radical (unpaired) electrons. The highest BCUT2D eigenvalue weighted by molar-refractivity contribution is 5.83. The highest BCUT2D eigenvalue weighted by Gasteiger charge is 2.36. The Bertz CT molecular complexity index is 308. The van der Waals surface area contributed by atoms with Crippen molar-refractivity contribution in [2.45, 2.75) is 103 Å². The molecule has 0 saturated carbocycles. The Morgan fingerprint density at radius 3 is 1.65 bits per heavy atom. The van der Waals surface area contributed by atoms with Crippen LogP contribution in [-0.2, 0) is 4.79 Å². The van der Waals surface area contributed by atoms with Crippen LogP contribution in [0.3, 0.4) is 0 Å². The molecule has 0 atom stereocenters. The van der Waals surface area contributed by atoms with Crippen LogP contribution < -0.4 is 0 Å². The number of hydrogen-bond acceptors (Lipinski definition) is 1. The molecular formula is C19H33F3O. The molecule has 4 heteroatoms. The number of hydrogen-bond donors (Lipinski definition) is 0. The molecule has 0 spiro atoms. The number of carbonyl (C=O) groups is 1. The number of carbonyl (C=O) groups excluding carboxylic acids is 1. The highest BCUT2D eigenvalue weighted by Crippen LogP contribution is 2.19. The predicted octanol–water partition coefficient (Wildman–Crippen LogP) is 7.16. The van der Waals surface area contributed by atoms with E-state index in [2.05, 4.69) is 19.1 Å². The van der Waals surface area contributed by atoms with E-state index in [1.807, 2.05) is 0 Å². The van der Waals surface area contributed by atoms with Crippen LogP contribution in [0.1, 0.15) is 96.8 Å². The molecular weight excluding hydrogens is 301 g/mol. The van der Waals surface area contributed by atoms with Gasteiger partial charge in [-0.1, -0.05) is 70.4 Å². The van der Waals surface area contributed by atoms with Gasteiger partial charge in [-0.15, -0.1) is 0 Å². The molecule has 0 aromatic carbocycles. The minimum Gasteiger partial charge on any atom is -0.290 e. The first-order valence-electron chi connectivity index (χ1n) is 9.23. The Hall–Kier alpha value is -0.800. The molecule has 0 aromatic heterocycles. The predicted molar refractivity (Wildman–Crippen MR) is 90.5 cm³/mol. The maximum absolute atomic E-state index is 12.0. The standard InChI is InChI=1S/C19H33F3O/c1-2-3-4-5-6-7-8-9-10-11-12-13-14-15-16-17-18(23)19(20,21)22/h9-10H,2-8,11-17H2,1H3/b10-9+. The lowest BCUT2D eigenvalue weighted by atomic mass is 10.1. The summed E-state index contributed by atoms with van der Waals surface area (Å²) in [6.07, 6.45) is 13.7. The molecule has 0 amide bonds. The first-order valence-corrected chi connectivity index (χ1v) is 9.23. The van der Waals surface area contributed by atoms with Crippen LogP contribution in [0.25, 0.3) is 0 Å². The second-order valence-corrected chi connectivity index (χ2v) is 6.26. The number of unbranched alkanes of at least 4 members (excludes halogenated alkanes) is 11. The molecule has 0 unspecified atom stereocenters. The van der Waals surface area contributed by atoms with Gasteiger partial charge in [0.1, 0.15) is 0 Å². The van der Waals surface area contributed by atoms with Crippen LogP contribution in [0.2, 0.25) is 0 Å². The van der Waals surface area contributed by atoms with E-state index in [1.165, 1.54) is 38.5 Å².